The predicted octanol–water partition coefficient (Wildman–Crippen LogP) is 1.63. The number of carbonyl (C=O) groups excluding carboxylic acids is 1. The van der Waals surface area contributed by atoms with Gasteiger partial charge in [0.05, 0.1) is 5.69 Å². The Labute approximate surface area is 82.8 Å². The molecule has 76 valence electrons. The van der Waals surface area contributed by atoms with Crippen molar-refractivity contribution in [3.8, 4) is 5.75 Å². The van der Waals surface area contributed by atoms with E-state index >= 15 is 0 Å². The van der Waals surface area contributed by atoms with Gasteiger partial charge >= 0.3 is 0 Å². The molecular weight excluding hydrogens is 182 g/mol. The Morgan fingerprint density at radius 3 is 2.93 bits per heavy atom. The average Bonchev–Trinajstić information content (AvgIpc) is 2.21. The van der Waals surface area contributed by atoms with Gasteiger partial charge in [0.15, 0.2) is 6.79 Å². The van der Waals surface area contributed by atoms with Crippen molar-refractivity contribution in [3.63, 3.8) is 0 Å². The third kappa shape index (κ3) is 3.06. The Hall–Kier alpha value is -1.55. The van der Waals surface area contributed by atoms with Gasteiger partial charge in [0, 0.05) is 6.61 Å². The summed E-state index contributed by atoms with van der Waals surface area (Å²) in [6.45, 7) is 2.68. The molecular formula is C10H13NO3. The number of nitrogens with one attached hydrogen (secondary N) is 1. The number of hydrogen-bond donors (Lipinski definition) is 1. The van der Waals surface area contributed by atoms with E-state index in [1.54, 1.807) is 12.1 Å². The average molecular weight is 195 g/mol. The molecule has 0 unspecified atom stereocenters. The number of para-hydroxylation sites is 2. The maximum Gasteiger partial charge on any atom is 0.211 e. The lowest BCUT2D eigenvalue weighted by atomic mass is 10.3. The fourth-order valence-electron chi connectivity index (χ4n) is 0.964. The first-order valence-electron chi connectivity index (χ1n) is 4.38. The van der Waals surface area contributed by atoms with Crippen LogP contribution in [0.2, 0.25) is 0 Å². The minimum atomic E-state index is 0.189. The third-order valence-corrected chi connectivity index (χ3v) is 1.60. The molecule has 1 rings (SSSR count). The first-order valence-corrected chi connectivity index (χ1v) is 4.38. The van der Waals surface area contributed by atoms with Crippen LogP contribution in [-0.4, -0.2) is 19.8 Å². The number of benzene rings is 1. The van der Waals surface area contributed by atoms with Crippen LogP contribution < -0.4 is 10.1 Å². The van der Waals surface area contributed by atoms with E-state index in [0.717, 1.165) is 0 Å². The number of rotatable bonds is 6. The molecule has 0 aliphatic carbocycles. The fraction of sp³-hybridized carbons (Fsp3) is 0.300. The highest BCUT2D eigenvalue weighted by Gasteiger charge is 2.00. The zero-order valence-corrected chi connectivity index (χ0v) is 8.03. The fourth-order valence-corrected chi connectivity index (χ4v) is 0.964. The summed E-state index contributed by atoms with van der Waals surface area (Å²) < 4.78 is 10.3. The molecule has 1 N–H and O–H groups in total. The molecule has 0 heterocycles. The van der Waals surface area contributed by atoms with Gasteiger partial charge in [-0.05, 0) is 19.1 Å². The van der Waals surface area contributed by atoms with Crippen LogP contribution in [0.1, 0.15) is 6.92 Å². The van der Waals surface area contributed by atoms with Gasteiger partial charge in [0.25, 0.3) is 0 Å². The summed E-state index contributed by atoms with van der Waals surface area (Å²) in [6, 6.07) is 7.18. The molecule has 0 fully saturated rings. The topological polar surface area (TPSA) is 47.6 Å². The molecule has 0 saturated carbocycles. The number of carbonyl (C=O) groups is 1. The molecule has 4 heteroatoms. The van der Waals surface area contributed by atoms with Gasteiger partial charge in [-0.15, -0.1) is 0 Å². The number of hydrogen-bond acceptors (Lipinski definition) is 3. The van der Waals surface area contributed by atoms with Gasteiger partial charge in [-0.3, -0.25) is 4.79 Å². The first kappa shape index (κ1) is 10.5. The third-order valence-electron chi connectivity index (χ3n) is 1.60. The van der Waals surface area contributed by atoms with E-state index in [4.69, 9.17) is 9.47 Å². The molecule has 0 bridgehead atoms. The van der Waals surface area contributed by atoms with Crippen molar-refractivity contribution in [2.24, 2.45) is 0 Å². The summed E-state index contributed by atoms with van der Waals surface area (Å²) in [5, 5.41) is 2.54. The SMILES string of the molecule is CCOCOc1ccccc1NC=O. The second kappa shape index (κ2) is 5.99. The monoisotopic (exact) mass is 195 g/mol. The quantitative estimate of drug-likeness (QED) is 0.426. The van der Waals surface area contributed by atoms with E-state index in [0.29, 0.717) is 24.5 Å². The number of anilines is 1. The first-order chi connectivity index (χ1) is 6.88. The molecule has 0 atom stereocenters. The largest absolute Gasteiger partial charge is 0.465 e. The predicted molar refractivity (Wildman–Crippen MR) is 53.2 cm³/mol. The van der Waals surface area contributed by atoms with E-state index in [1.807, 2.05) is 19.1 Å². The van der Waals surface area contributed by atoms with Crippen LogP contribution in [0, 0.1) is 0 Å². The van der Waals surface area contributed by atoms with Gasteiger partial charge < -0.3 is 14.8 Å². The molecule has 14 heavy (non-hydrogen) atoms. The van der Waals surface area contributed by atoms with E-state index in [9.17, 15) is 4.79 Å². The molecule has 1 aromatic carbocycles. The summed E-state index contributed by atoms with van der Waals surface area (Å²) >= 11 is 0. The number of ether oxygens (including phenoxy) is 2. The van der Waals surface area contributed by atoms with Crippen LogP contribution in [0.15, 0.2) is 24.3 Å². The molecule has 1 amide bonds. The minimum Gasteiger partial charge on any atom is -0.465 e. The maximum atomic E-state index is 10.3. The van der Waals surface area contributed by atoms with Crippen LogP contribution in [-0.2, 0) is 9.53 Å². The van der Waals surface area contributed by atoms with Gasteiger partial charge in [-0.2, -0.15) is 0 Å². The van der Waals surface area contributed by atoms with E-state index in [1.165, 1.54) is 0 Å². The van der Waals surface area contributed by atoms with Gasteiger partial charge in [0.1, 0.15) is 5.75 Å². The Balaban J connectivity index is 2.59. The highest BCUT2D eigenvalue weighted by atomic mass is 16.7. The Kier molecular flexibility index (Phi) is 4.50. The minimum absolute atomic E-state index is 0.189. The smallest absolute Gasteiger partial charge is 0.211 e. The van der Waals surface area contributed by atoms with Crippen LogP contribution in [0.4, 0.5) is 5.69 Å². The van der Waals surface area contributed by atoms with Crippen molar-refractivity contribution in [2.75, 3.05) is 18.7 Å². The van der Waals surface area contributed by atoms with Gasteiger partial charge in [-0.25, -0.2) is 0 Å². The molecule has 0 radical (unpaired) electrons. The van der Waals surface area contributed by atoms with Crippen molar-refractivity contribution in [3.05, 3.63) is 24.3 Å². The molecule has 0 spiro atoms. The van der Waals surface area contributed by atoms with Crippen molar-refractivity contribution in [1.82, 2.24) is 0 Å². The lowest BCUT2D eigenvalue weighted by molar-refractivity contribution is -0.105. The summed E-state index contributed by atoms with van der Waals surface area (Å²) in [6.07, 6.45) is 0.614. The standard InChI is InChI=1S/C10H13NO3/c1-2-13-8-14-10-6-4-3-5-9(10)11-7-12/h3-7H,2,8H2,1H3,(H,11,12). The van der Waals surface area contributed by atoms with E-state index < -0.39 is 0 Å². The lowest BCUT2D eigenvalue weighted by Gasteiger charge is -2.09. The van der Waals surface area contributed by atoms with Crippen LogP contribution in [0.3, 0.4) is 0 Å². The second-order valence-electron chi connectivity index (χ2n) is 2.51. The van der Waals surface area contributed by atoms with Crippen molar-refractivity contribution in [2.45, 2.75) is 6.92 Å². The molecule has 0 aliphatic heterocycles. The highest BCUT2D eigenvalue weighted by molar-refractivity contribution is 5.75. The van der Waals surface area contributed by atoms with E-state index in [-0.39, 0.29) is 6.79 Å². The Morgan fingerprint density at radius 1 is 1.43 bits per heavy atom. The normalized spacial score (nSPS) is 9.50. The van der Waals surface area contributed by atoms with Gasteiger partial charge in [-0.1, -0.05) is 12.1 Å². The summed E-state index contributed by atoms with van der Waals surface area (Å²) in [5.41, 5.74) is 0.641. The second-order valence-corrected chi connectivity index (χ2v) is 2.51. The van der Waals surface area contributed by atoms with Crippen molar-refractivity contribution >= 4 is 12.1 Å². The zero-order valence-electron chi connectivity index (χ0n) is 8.03. The summed E-state index contributed by atoms with van der Waals surface area (Å²) in [7, 11) is 0. The van der Waals surface area contributed by atoms with Crippen molar-refractivity contribution in [1.29, 1.82) is 0 Å². The maximum absolute atomic E-state index is 10.3. The molecule has 1 aromatic rings. The molecule has 0 aromatic heterocycles. The molecule has 0 saturated heterocycles. The lowest BCUT2D eigenvalue weighted by Crippen LogP contribution is -2.04. The number of amides is 1. The van der Waals surface area contributed by atoms with Crippen molar-refractivity contribution < 1.29 is 14.3 Å². The summed E-state index contributed by atoms with van der Waals surface area (Å²) in [4.78, 5) is 10.3. The summed E-state index contributed by atoms with van der Waals surface area (Å²) in [5.74, 6) is 0.605. The molecule has 4 nitrogen and oxygen atoms in total. The zero-order chi connectivity index (χ0) is 10.2. The van der Waals surface area contributed by atoms with E-state index in [2.05, 4.69) is 5.32 Å². The Bertz CT molecular complexity index is 288. The Morgan fingerprint density at radius 2 is 2.21 bits per heavy atom. The van der Waals surface area contributed by atoms with Crippen LogP contribution >= 0.6 is 0 Å². The molecule has 0 aliphatic rings. The highest BCUT2D eigenvalue weighted by Crippen LogP contribution is 2.22. The van der Waals surface area contributed by atoms with Crippen LogP contribution in [0.5, 0.6) is 5.75 Å². The van der Waals surface area contributed by atoms with Crippen LogP contribution in [0.25, 0.3) is 0 Å². The van der Waals surface area contributed by atoms with Gasteiger partial charge in [0.2, 0.25) is 6.41 Å².